The number of hydrogen-bond acceptors (Lipinski definition) is 4. The molecule has 0 radical (unpaired) electrons. The van der Waals surface area contributed by atoms with E-state index in [1.165, 1.54) is 11.3 Å². The fourth-order valence-corrected chi connectivity index (χ4v) is 2.67. The highest BCUT2D eigenvalue weighted by Gasteiger charge is 2.22. The lowest BCUT2D eigenvalue weighted by Gasteiger charge is -2.23. The Balaban J connectivity index is 1.97. The zero-order chi connectivity index (χ0) is 12.4. The molecule has 1 atom stereocenters. The second kappa shape index (κ2) is 4.83. The summed E-state index contributed by atoms with van der Waals surface area (Å²) in [5.41, 5.74) is 0.768. The lowest BCUT2D eigenvalue weighted by molar-refractivity contribution is -0.122. The maximum atomic E-state index is 12.0. The third-order valence-electron chi connectivity index (χ3n) is 2.71. The lowest BCUT2D eigenvalue weighted by atomic mass is 10.1. The predicted molar refractivity (Wildman–Crippen MR) is 65.1 cm³/mol. The number of aryl methyl sites for hydroxylation is 2. The van der Waals surface area contributed by atoms with Gasteiger partial charge in [0.05, 0.1) is 10.7 Å². The number of nitrogens with one attached hydrogen (secondary N) is 2. The summed E-state index contributed by atoms with van der Waals surface area (Å²) in [4.78, 5) is 27.9. The Hall–Kier alpha value is -1.43. The molecule has 1 unspecified atom stereocenters. The first kappa shape index (κ1) is 12.0. The molecule has 5 nitrogen and oxygen atoms in total. The number of thiazole rings is 1. The van der Waals surface area contributed by atoms with Gasteiger partial charge in [-0.05, 0) is 20.3 Å². The van der Waals surface area contributed by atoms with Crippen LogP contribution in [0.5, 0.6) is 0 Å². The van der Waals surface area contributed by atoms with Crippen molar-refractivity contribution in [3.8, 4) is 0 Å². The molecule has 17 heavy (non-hydrogen) atoms. The van der Waals surface area contributed by atoms with E-state index in [0.717, 1.165) is 10.7 Å². The largest absolute Gasteiger partial charge is 0.354 e. The Morgan fingerprint density at radius 2 is 2.29 bits per heavy atom. The summed E-state index contributed by atoms with van der Waals surface area (Å²) in [7, 11) is 0. The SMILES string of the molecule is Cc1nc(C)c(C(=O)NC2CCC(=O)NC2)s1. The number of aromatic nitrogens is 1. The number of nitrogens with zero attached hydrogens (tertiary/aromatic N) is 1. The van der Waals surface area contributed by atoms with Crippen molar-refractivity contribution >= 4 is 23.2 Å². The highest BCUT2D eigenvalue weighted by atomic mass is 32.1. The summed E-state index contributed by atoms with van der Waals surface area (Å²) in [5, 5.41) is 6.56. The van der Waals surface area contributed by atoms with Crippen molar-refractivity contribution in [2.75, 3.05) is 6.54 Å². The number of carbonyl (C=O) groups excluding carboxylic acids is 2. The van der Waals surface area contributed by atoms with E-state index in [0.29, 0.717) is 24.3 Å². The normalized spacial score (nSPS) is 19.9. The third kappa shape index (κ3) is 2.82. The van der Waals surface area contributed by atoms with Gasteiger partial charge in [0.15, 0.2) is 0 Å². The molecule has 1 aromatic heterocycles. The standard InChI is InChI=1S/C11H15N3O2S/c1-6-10(17-7(2)13-6)11(16)14-8-3-4-9(15)12-5-8/h8H,3-5H2,1-2H3,(H,12,15)(H,14,16). The van der Waals surface area contributed by atoms with Gasteiger partial charge in [0, 0.05) is 19.0 Å². The van der Waals surface area contributed by atoms with Crippen LogP contribution >= 0.6 is 11.3 Å². The van der Waals surface area contributed by atoms with E-state index in [-0.39, 0.29) is 17.9 Å². The maximum Gasteiger partial charge on any atom is 0.263 e. The van der Waals surface area contributed by atoms with Gasteiger partial charge in [-0.15, -0.1) is 11.3 Å². The van der Waals surface area contributed by atoms with Gasteiger partial charge in [0.1, 0.15) is 4.88 Å². The highest BCUT2D eigenvalue weighted by Crippen LogP contribution is 2.17. The highest BCUT2D eigenvalue weighted by molar-refractivity contribution is 7.13. The molecule has 0 bridgehead atoms. The molecular weight excluding hydrogens is 238 g/mol. The smallest absolute Gasteiger partial charge is 0.263 e. The van der Waals surface area contributed by atoms with Gasteiger partial charge in [-0.3, -0.25) is 9.59 Å². The Labute approximate surface area is 104 Å². The van der Waals surface area contributed by atoms with Crippen LogP contribution in [0.15, 0.2) is 0 Å². The molecule has 1 saturated heterocycles. The van der Waals surface area contributed by atoms with Crippen LogP contribution in [0.1, 0.15) is 33.2 Å². The van der Waals surface area contributed by atoms with E-state index in [9.17, 15) is 9.59 Å². The van der Waals surface area contributed by atoms with Crippen LogP contribution in [0.25, 0.3) is 0 Å². The van der Waals surface area contributed by atoms with Crippen LogP contribution in [0, 0.1) is 13.8 Å². The van der Waals surface area contributed by atoms with Gasteiger partial charge in [-0.25, -0.2) is 4.98 Å². The molecular formula is C11H15N3O2S. The van der Waals surface area contributed by atoms with Crippen molar-refractivity contribution in [3.63, 3.8) is 0 Å². The fourth-order valence-electron chi connectivity index (χ4n) is 1.85. The van der Waals surface area contributed by atoms with E-state index in [1.807, 2.05) is 13.8 Å². The zero-order valence-corrected chi connectivity index (χ0v) is 10.7. The Morgan fingerprint density at radius 3 is 2.82 bits per heavy atom. The summed E-state index contributed by atoms with van der Waals surface area (Å²) < 4.78 is 0. The molecule has 0 spiro atoms. The Morgan fingerprint density at radius 1 is 1.53 bits per heavy atom. The molecule has 6 heteroatoms. The van der Waals surface area contributed by atoms with Gasteiger partial charge in [-0.2, -0.15) is 0 Å². The summed E-state index contributed by atoms with van der Waals surface area (Å²) in [6, 6.07) is 0.0296. The van der Waals surface area contributed by atoms with Crippen molar-refractivity contribution < 1.29 is 9.59 Å². The molecule has 1 aromatic rings. The van der Waals surface area contributed by atoms with Crippen molar-refractivity contribution in [1.29, 1.82) is 0 Å². The molecule has 2 rings (SSSR count). The number of rotatable bonds is 2. The molecule has 0 saturated carbocycles. The average molecular weight is 253 g/mol. The van der Waals surface area contributed by atoms with Gasteiger partial charge < -0.3 is 10.6 Å². The molecule has 2 heterocycles. The lowest BCUT2D eigenvalue weighted by Crippen LogP contribution is -2.47. The topological polar surface area (TPSA) is 71.1 Å². The van der Waals surface area contributed by atoms with E-state index in [2.05, 4.69) is 15.6 Å². The van der Waals surface area contributed by atoms with Crippen molar-refractivity contribution in [2.24, 2.45) is 0 Å². The van der Waals surface area contributed by atoms with Crippen molar-refractivity contribution in [3.05, 3.63) is 15.6 Å². The minimum absolute atomic E-state index is 0.0296. The van der Waals surface area contributed by atoms with E-state index < -0.39 is 0 Å². The first-order chi connectivity index (χ1) is 8.06. The number of piperidine rings is 1. The van der Waals surface area contributed by atoms with E-state index >= 15 is 0 Å². The molecule has 2 N–H and O–H groups in total. The third-order valence-corrected chi connectivity index (χ3v) is 3.78. The maximum absolute atomic E-state index is 12.0. The minimum atomic E-state index is -0.0887. The molecule has 92 valence electrons. The Kier molecular flexibility index (Phi) is 3.42. The second-order valence-electron chi connectivity index (χ2n) is 4.16. The van der Waals surface area contributed by atoms with Gasteiger partial charge in [-0.1, -0.05) is 0 Å². The number of carbonyl (C=O) groups is 2. The first-order valence-electron chi connectivity index (χ1n) is 5.58. The van der Waals surface area contributed by atoms with Crippen LogP contribution in [0.2, 0.25) is 0 Å². The molecule has 2 amide bonds. The number of amides is 2. The summed E-state index contributed by atoms with van der Waals surface area (Å²) in [5.74, 6) is -0.0328. The van der Waals surface area contributed by atoms with Gasteiger partial charge in [0.2, 0.25) is 5.91 Å². The zero-order valence-electron chi connectivity index (χ0n) is 9.87. The van der Waals surface area contributed by atoms with E-state index in [1.54, 1.807) is 0 Å². The summed E-state index contributed by atoms with van der Waals surface area (Å²) in [6.07, 6.45) is 1.18. The van der Waals surface area contributed by atoms with Crippen molar-refractivity contribution in [2.45, 2.75) is 32.7 Å². The number of hydrogen-bond donors (Lipinski definition) is 2. The van der Waals surface area contributed by atoms with Crippen molar-refractivity contribution in [1.82, 2.24) is 15.6 Å². The van der Waals surface area contributed by atoms with Gasteiger partial charge >= 0.3 is 0 Å². The van der Waals surface area contributed by atoms with Gasteiger partial charge in [0.25, 0.3) is 5.91 Å². The minimum Gasteiger partial charge on any atom is -0.354 e. The van der Waals surface area contributed by atoms with Crippen LogP contribution in [0.4, 0.5) is 0 Å². The molecule has 1 aliphatic rings. The monoisotopic (exact) mass is 253 g/mol. The first-order valence-corrected chi connectivity index (χ1v) is 6.39. The molecule has 1 aliphatic heterocycles. The van der Waals surface area contributed by atoms with Crippen LogP contribution < -0.4 is 10.6 Å². The average Bonchev–Trinajstić information content (AvgIpc) is 2.61. The molecule has 0 aromatic carbocycles. The summed E-state index contributed by atoms with van der Waals surface area (Å²) >= 11 is 1.40. The fraction of sp³-hybridized carbons (Fsp3) is 0.545. The van der Waals surface area contributed by atoms with Crippen LogP contribution in [-0.2, 0) is 4.79 Å². The van der Waals surface area contributed by atoms with E-state index in [4.69, 9.17) is 0 Å². The molecule has 0 aliphatic carbocycles. The second-order valence-corrected chi connectivity index (χ2v) is 5.36. The predicted octanol–water partition coefficient (Wildman–Crippen LogP) is 0.768. The Bertz CT molecular complexity index is 446. The molecule has 1 fully saturated rings. The van der Waals surface area contributed by atoms with Crippen LogP contribution in [0.3, 0.4) is 0 Å². The van der Waals surface area contributed by atoms with Crippen LogP contribution in [-0.4, -0.2) is 29.4 Å². The quantitative estimate of drug-likeness (QED) is 0.817. The summed E-state index contributed by atoms with van der Waals surface area (Å²) in [6.45, 7) is 4.23.